The van der Waals surface area contributed by atoms with Crippen molar-refractivity contribution < 1.29 is 28.5 Å². The minimum Gasteiger partial charge on any atom is -0.481 e. The molecule has 35 heavy (non-hydrogen) atoms. The second kappa shape index (κ2) is 12.4. The third-order valence-electron chi connectivity index (χ3n) is 5.36. The summed E-state index contributed by atoms with van der Waals surface area (Å²) in [5.74, 6) is 4.46. The first-order valence-electron chi connectivity index (χ1n) is 11.2. The van der Waals surface area contributed by atoms with Gasteiger partial charge in [-0.15, -0.1) is 0 Å². The van der Waals surface area contributed by atoms with E-state index >= 15 is 0 Å². The second-order valence-electron chi connectivity index (χ2n) is 7.93. The van der Waals surface area contributed by atoms with Crippen LogP contribution in [0.3, 0.4) is 0 Å². The Labute approximate surface area is 204 Å². The third kappa shape index (κ3) is 7.10. The number of benzene rings is 2. The molecule has 0 spiro atoms. The molecule has 2 unspecified atom stereocenters. The zero-order valence-corrected chi connectivity index (χ0v) is 20.5. The molecule has 0 aliphatic carbocycles. The van der Waals surface area contributed by atoms with Crippen LogP contribution < -0.4 is 0 Å². The highest BCUT2D eigenvalue weighted by molar-refractivity contribution is 7.39. The molecule has 2 aromatic carbocycles. The van der Waals surface area contributed by atoms with E-state index in [2.05, 4.69) is 11.8 Å². The molecule has 182 valence electrons. The highest BCUT2D eigenvalue weighted by Gasteiger charge is 2.18. The fourth-order valence-corrected chi connectivity index (χ4v) is 4.62. The number of halogens is 1. The molecule has 3 aromatic rings. The van der Waals surface area contributed by atoms with Gasteiger partial charge in [0.1, 0.15) is 12.4 Å². The lowest BCUT2D eigenvalue weighted by atomic mass is 9.90. The summed E-state index contributed by atoms with van der Waals surface area (Å²) < 4.78 is 30.9. The van der Waals surface area contributed by atoms with Crippen molar-refractivity contribution in [3.63, 3.8) is 0 Å². The van der Waals surface area contributed by atoms with Crippen LogP contribution in [0.4, 0.5) is 4.39 Å². The second-order valence-corrected chi connectivity index (χ2v) is 9.37. The molecular weight excluding hydrogens is 468 g/mol. The van der Waals surface area contributed by atoms with E-state index < -0.39 is 26.5 Å². The molecule has 3 rings (SSSR count). The third-order valence-corrected chi connectivity index (χ3v) is 6.63. The van der Waals surface area contributed by atoms with Crippen LogP contribution in [0, 0.1) is 24.6 Å². The van der Waals surface area contributed by atoms with Crippen molar-refractivity contribution in [3.8, 4) is 34.2 Å². The molecular formula is C27H27FNO5P. The van der Waals surface area contributed by atoms with Crippen molar-refractivity contribution in [2.24, 2.45) is 0 Å². The van der Waals surface area contributed by atoms with E-state index in [1.807, 2.05) is 44.2 Å². The van der Waals surface area contributed by atoms with Crippen molar-refractivity contribution in [3.05, 3.63) is 77.2 Å². The number of hydrogen-bond donors (Lipinski definition) is 2. The largest absolute Gasteiger partial charge is 0.481 e. The van der Waals surface area contributed by atoms with Gasteiger partial charge in [0, 0.05) is 17.3 Å². The van der Waals surface area contributed by atoms with Gasteiger partial charge in [-0.25, -0.2) is 4.39 Å². The zero-order valence-electron chi connectivity index (χ0n) is 19.5. The van der Waals surface area contributed by atoms with Crippen LogP contribution in [-0.2, 0) is 20.3 Å². The minimum absolute atomic E-state index is 0.150. The Morgan fingerprint density at radius 1 is 1.14 bits per heavy atom. The molecule has 0 aliphatic heterocycles. The molecule has 2 N–H and O–H groups in total. The van der Waals surface area contributed by atoms with Gasteiger partial charge >= 0.3 is 5.97 Å². The number of aryl methyl sites for hydroxylation is 1. The van der Waals surface area contributed by atoms with Gasteiger partial charge in [-0.1, -0.05) is 61.2 Å². The van der Waals surface area contributed by atoms with Crippen molar-refractivity contribution in [2.75, 3.05) is 12.8 Å². The molecule has 0 saturated heterocycles. The van der Waals surface area contributed by atoms with Crippen LogP contribution in [0.2, 0.25) is 0 Å². The number of aromatic nitrogens is 1. The monoisotopic (exact) mass is 495 g/mol. The van der Waals surface area contributed by atoms with E-state index in [4.69, 9.17) is 14.6 Å². The van der Waals surface area contributed by atoms with E-state index in [1.54, 1.807) is 12.1 Å². The zero-order chi connectivity index (χ0) is 25.4. The van der Waals surface area contributed by atoms with Crippen molar-refractivity contribution >= 4 is 14.0 Å². The van der Waals surface area contributed by atoms with E-state index in [0.717, 1.165) is 33.6 Å². The van der Waals surface area contributed by atoms with Gasteiger partial charge in [0.25, 0.3) is 0 Å². The molecule has 0 fully saturated rings. The van der Waals surface area contributed by atoms with E-state index in [0.29, 0.717) is 12.0 Å². The number of nitrogens with zero attached hydrogens (tertiary/aromatic N) is 1. The molecule has 0 amide bonds. The lowest BCUT2D eigenvalue weighted by molar-refractivity contribution is -0.138. The fourth-order valence-electron chi connectivity index (χ4n) is 3.74. The van der Waals surface area contributed by atoms with Crippen molar-refractivity contribution in [1.29, 1.82) is 0 Å². The van der Waals surface area contributed by atoms with Gasteiger partial charge in [0.2, 0.25) is 0 Å². The van der Waals surface area contributed by atoms with Gasteiger partial charge in [-0.05, 0) is 36.6 Å². The number of carboxylic acid groups (broad SMARTS) is 1. The number of pyridine rings is 1. The minimum atomic E-state index is -2.64. The summed E-state index contributed by atoms with van der Waals surface area (Å²) in [6.45, 7) is 3.78. The van der Waals surface area contributed by atoms with Crippen LogP contribution >= 0.6 is 8.03 Å². The quantitative estimate of drug-likeness (QED) is 0.317. The highest BCUT2D eigenvalue weighted by Crippen LogP contribution is 2.35. The summed E-state index contributed by atoms with van der Waals surface area (Å²) in [6, 6.07) is 16.0. The van der Waals surface area contributed by atoms with Crippen LogP contribution in [-0.4, -0.2) is 40.0 Å². The number of aliphatic hydroxyl groups excluding tert-OH is 1. The predicted molar refractivity (Wildman–Crippen MR) is 134 cm³/mol. The average molecular weight is 495 g/mol. The van der Waals surface area contributed by atoms with Crippen LogP contribution in [0.5, 0.6) is 0 Å². The summed E-state index contributed by atoms with van der Waals surface area (Å²) in [5.41, 5.74) is 5.78. The van der Waals surface area contributed by atoms with Crippen molar-refractivity contribution in [1.82, 2.24) is 4.98 Å². The van der Waals surface area contributed by atoms with Gasteiger partial charge in [0.15, 0.2) is 8.03 Å². The summed E-state index contributed by atoms with van der Waals surface area (Å²) in [5, 5.41) is 18.3. The van der Waals surface area contributed by atoms with Crippen molar-refractivity contribution in [2.45, 2.75) is 32.8 Å². The first-order chi connectivity index (χ1) is 16.8. The molecule has 1 heterocycles. The molecule has 2 atom stereocenters. The van der Waals surface area contributed by atoms with Gasteiger partial charge in [-0.2, -0.15) is 0 Å². The fraction of sp³-hybridized carbons (Fsp3) is 0.259. The Bertz CT molecular complexity index is 1270. The van der Waals surface area contributed by atoms with E-state index in [1.165, 1.54) is 12.1 Å². The topological polar surface area (TPSA) is 96.7 Å². The molecule has 6 nitrogen and oxygen atoms in total. The first kappa shape index (κ1) is 26.3. The molecule has 1 aromatic heterocycles. The Kier molecular flexibility index (Phi) is 9.33. The molecule has 0 radical (unpaired) electrons. The van der Waals surface area contributed by atoms with Crippen LogP contribution in [0.25, 0.3) is 22.4 Å². The summed E-state index contributed by atoms with van der Waals surface area (Å²) >= 11 is 0. The number of aliphatic carboxylic acids is 1. The highest BCUT2D eigenvalue weighted by atomic mass is 31.1. The van der Waals surface area contributed by atoms with Gasteiger partial charge in [-0.3, -0.25) is 14.3 Å². The number of carbonyl (C=O) groups is 1. The molecule has 0 bridgehead atoms. The smallest absolute Gasteiger partial charge is 0.305 e. The molecule has 8 heteroatoms. The lowest BCUT2D eigenvalue weighted by Gasteiger charge is -2.17. The van der Waals surface area contributed by atoms with Gasteiger partial charge < -0.3 is 14.7 Å². The number of rotatable bonds is 9. The number of hydrogen-bond acceptors (Lipinski definition) is 5. The lowest BCUT2D eigenvalue weighted by Crippen LogP contribution is -2.15. The number of carboxylic acids is 1. The maximum atomic E-state index is 13.6. The summed E-state index contributed by atoms with van der Waals surface area (Å²) in [4.78, 5) is 15.5. The molecule has 0 saturated carbocycles. The maximum absolute atomic E-state index is 13.6. The van der Waals surface area contributed by atoms with Crippen LogP contribution in [0.15, 0.2) is 54.6 Å². The van der Waals surface area contributed by atoms with E-state index in [-0.39, 0.29) is 18.6 Å². The predicted octanol–water partition coefficient (Wildman–Crippen LogP) is 5.10. The summed E-state index contributed by atoms with van der Waals surface area (Å²) in [7, 11) is -2.64. The van der Waals surface area contributed by atoms with E-state index in [9.17, 15) is 18.9 Å². The van der Waals surface area contributed by atoms with Gasteiger partial charge in [0.05, 0.1) is 29.5 Å². The van der Waals surface area contributed by atoms with Crippen LogP contribution in [0.1, 0.15) is 30.2 Å². The summed E-state index contributed by atoms with van der Waals surface area (Å²) in [6.07, 6.45) is -1.37. The molecule has 0 aliphatic rings. The SMILES string of the molecule is CCc1nc(-c2ccccc2)c(C)c(-c2ccc(F)cc2)c1C#CCO[PH](=O)CC(O)CC(=O)O. The normalized spacial score (nSPS) is 12.5. The first-order valence-corrected chi connectivity index (χ1v) is 12.7. The Balaban J connectivity index is 1.97. The average Bonchev–Trinajstić information content (AvgIpc) is 2.82. The Morgan fingerprint density at radius 2 is 1.83 bits per heavy atom. The maximum Gasteiger partial charge on any atom is 0.305 e. The Hall–Kier alpha value is -3.30. The Morgan fingerprint density at radius 3 is 2.46 bits per heavy atom. The standard InChI is InChI=1S/C27H27FNO5P/c1-3-24-23(10-7-15-34-35(33)17-22(30)16-25(31)32)26(19-11-13-21(28)14-12-19)18(2)27(29-24)20-8-5-4-6-9-20/h4-6,8-9,11-14,22,30,35H,3,15-17H2,1-2H3,(H,31,32). The number of aliphatic hydroxyl groups is 1.